The summed E-state index contributed by atoms with van der Waals surface area (Å²) in [6, 6.07) is 12.5. The van der Waals surface area contributed by atoms with E-state index >= 15 is 0 Å². The first-order valence-corrected chi connectivity index (χ1v) is 8.04. The van der Waals surface area contributed by atoms with Crippen molar-refractivity contribution in [3.05, 3.63) is 40.9 Å². The monoisotopic (exact) mass is 351 g/mol. The number of ether oxygens (including phenoxy) is 2. The number of fused-ring (bicyclic) bond motifs is 1. The van der Waals surface area contributed by atoms with Gasteiger partial charge in [0.05, 0.1) is 0 Å². The Hall–Kier alpha value is -1.10. The Morgan fingerprint density at radius 3 is 2.71 bits per heavy atom. The summed E-state index contributed by atoms with van der Waals surface area (Å²) in [7, 11) is 1.73. The first-order chi connectivity index (χ1) is 10.2. The van der Waals surface area contributed by atoms with E-state index in [2.05, 4.69) is 52.4 Å². The van der Waals surface area contributed by atoms with Crippen molar-refractivity contribution in [3.63, 3.8) is 0 Å². The van der Waals surface area contributed by atoms with Crippen molar-refractivity contribution in [1.82, 2.24) is 5.32 Å². The SMILES string of the molecule is COCCCNCC(C)Oc1ccc2cc(Br)ccc2c1. The molecule has 1 atom stereocenters. The molecule has 0 saturated heterocycles. The Morgan fingerprint density at radius 1 is 1.14 bits per heavy atom. The van der Waals surface area contributed by atoms with Crippen molar-refractivity contribution in [2.45, 2.75) is 19.4 Å². The highest BCUT2D eigenvalue weighted by atomic mass is 79.9. The third-order valence-corrected chi connectivity index (χ3v) is 3.74. The lowest BCUT2D eigenvalue weighted by molar-refractivity contribution is 0.188. The van der Waals surface area contributed by atoms with Gasteiger partial charge in [0.1, 0.15) is 11.9 Å². The summed E-state index contributed by atoms with van der Waals surface area (Å²) < 4.78 is 12.1. The second-order valence-corrected chi connectivity index (χ2v) is 6.05. The van der Waals surface area contributed by atoms with Crippen LogP contribution in [0, 0.1) is 0 Å². The summed E-state index contributed by atoms with van der Waals surface area (Å²) in [5, 5.41) is 5.77. The van der Waals surface area contributed by atoms with Crippen molar-refractivity contribution in [3.8, 4) is 5.75 Å². The van der Waals surface area contributed by atoms with Crippen LogP contribution in [0.1, 0.15) is 13.3 Å². The molecule has 2 aromatic carbocycles. The number of nitrogens with one attached hydrogen (secondary N) is 1. The summed E-state index contributed by atoms with van der Waals surface area (Å²) in [4.78, 5) is 0. The van der Waals surface area contributed by atoms with Crippen LogP contribution in [0.25, 0.3) is 10.8 Å². The maximum Gasteiger partial charge on any atom is 0.120 e. The zero-order valence-electron chi connectivity index (χ0n) is 12.6. The van der Waals surface area contributed by atoms with Crippen LogP contribution < -0.4 is 10.1 Å². The molecule has 114 valence electrons. The highest BCUT2D eigenvalue weighted by Gasteiger charge is 2.04. The molecule has 1 N–H and O–H groups in total. The van der Waals surface area contributed by atoms with Gasteiger partial charge < -0.3 is 14.8 Å². The van der Waals surface area contributed by atoms with E-state index in [0.717, 1.165) is 36.3 Å². The van der Waals surface area contributed by atoms with E-state index in [9.17, 15) is 0 Å². The predicted octanol–water partition coefficient (Wildman–Crippen LogP) is 4.00. The third kappa shape index (κ3) is 5.30. The van der Waals surface area contributed by atoms with Crippen LogP contribution in [0.15, 0.2) is 40.9 Å². The molecular weight excluding hydrogens is 330 g/mol. The van der Waals surface area contributed by atoms with Crippen LogP contribution in [-0.2, 0) is 4.74 Å². The lowest BCUT2D eigenvalue weighted by Crippen LogP contribution is -2.30. The predicted molar refractivity (Wildman–Crippen MR) is 91.1 cm³/mol. The van der Waals surface area contributed by atoms with Gasteiger partial charge in [-0.3, -0.25) is 0 Å². The summed E-state index contributed by atoms with van der Waals surface area (Å²) in [5.74, 6) is 0.913. The van der Waals surface area contributed by atoms with E-state index in [1.165, 1.54) is 10.8 Å². The van der Waals surface area contributed by atoms with Gasteiger partial charge in [0.25, 0.3) is 0 Å². The molecule has 0 amide bonds. The molecule has 0 aliphatic heterocycles. The van der Waals surface area contributed by atoms with Crippen LogP contribution >= 0.6 is 15.9 Å². The van der Waals surface area contributed by atoms with Gasteiger partial charge in [-0.15, -0.1) is 0 Å². The zero-order chi connectivity index (χ0) is 15.1. The number of hydrogen-bond acceptors (Lipinski definition) is 3. The summed E-state index contributed by atoms with van der Waals surface area (Å²) in [6.45, 7) is 4.66. The average molecular weight is 352 g/mol. The Bertz CT molecular complexity index is 574. The van der Waals surface area contributed by atoms with Gasteiger partial charge in [-0.25, -0.2) is 0 Å². The minimum atomic E-state index is 0.139. The number of rotatable bonds is 8. The van der Waals surface area contributed by atoms with Gasteiger partial charge in [0, 0.05) is 24.7 Å². The first-order valence-electron chi connectivity index (χ1n) is 7.24. The molecule has 21 heavy (non-hydrogen) atoms. The molecule has 0 bridgehead atoms. The fourth-order valence-corrected chi connectivity index (χ4v) is 2.57. The van der Waals surface area contributed by atoms with Gasteiger partial charge >= 0.3 is 0 Å². The van der Waals surface area contributed by atoms with E-state index in [1.807, 2.05) is 12.1 Å². The highest BCUT2D eigenvalue weighted by molar-refractivity contribution is 9.10. The van der Waals surface area contributed by atoms with Crippen LogP contribution in [0.4, 0.5) is 0 Å². The van der Waals surface area contributed by atoms with Crippen LogP contribution in [0.3, 0.4) is 0 Å². The second kappa shape index (κ2) is 8.37. The molecule has 2 aromatic rings. The van der Waals surface area contributed by atoms with Gasteiger partial charge in [-0.2, -0.15) is 0 Å². The normalized spacial score (nSPS) is 12.5. The van der Waals surface area contributed by atoms with Gasteiger partial charge in [0.2, 0.25) is 0 Å². The largest absolute Gasteiger partial charge is 0.489 e. The molecule has 2 rings (SSSR count). The van der Waals surface area contributed by atoms with Gasteiger partial charge in [0.15, 0.2) is 0 Å². The number of benzene rings is 2. The summed E-state index contributed by atoms with van der Waals surface area (Å²) >= 11 is 3.49. The third-order valence-electron chi connectivity index (χ3n) is 3.24. The van der Waals surface area contributed by atoms with E-state index in [0.29, 0.717) is 0 Å². The van der Waals surface area contributed by atoms with E-state index in [-0.39, 0.29) is 6.10 Å². The molecule has 3 nitrogen and oxygen atoms in total. The Kier molecular flexibility index (Phi) is 6.49. The summed E-state index contributed by atoms with van der Waals surface area (Å²) in [6.07, 6.45) is 1.16. The van der Waals surface area contributed by atoms with Crippen LogP contribution in [0.2, 0.25) is 0 Å². The van der Waals surface area contributed by atoms with Crippen LogP contribution in [-0.4, -0.2) is 32.9 Å². The fraction of sp³-hybridized carbons (Fsp3) is 0.412. The molecule has 0 spiro atoms. The van der Waals surface area contributed by atoms with Gasteiger partial charge in [-0.1, -0.05) is 28.1 Å². The number of hydrogen-bond donors (Lipinski definition) is 1. The van der Waals surface area contributed by atoms with Gasteiger partial charge in [-0.05, 0) is 54.9 Å². The highest BCUT2D eigenvalue weighted by Crippen LogP contribution is 2.24. The molecule has 0 aliphatic carbocycles. The number of halogens is 1. The van der Waals surface area contributed by atoms with E-state index in [1.54, 1.807) is 7.11 Å². The Balaban J connectivity index is 1.86. The Labute approximate surface area is 134 Å². The molecule has 0 saturated carbocycles. The average Bonchev–Trinajstić information content (AvgIpc) is 2.47. The van der Waals surface area contributed by atoms with E-state index in [4.69, 9.17) is 9.47 Å². The zero-order valence-corrected chi connectivity index (χ0v) is 14.2. The van der Waals surface area contributed by atoms with E-state index < -0.39 is 0 Å². The molecule has 0 aromatic heterocycles. The van der Waals surface area contributed by atoms with Crippen molar-refractivity contribution in [2.75, 3.05) is 26.8 Å². The Morgan fingerprint density at radius 2 is 1.90 bits per heavy atom. The fourth-order valence-electron chi connectivity index (χ4n) is 2.19. The number of methoxy groups -OCH3 is 1. The molecular formula is C17H22BrNO2. The molecule has 0 heterocycles. The minimum absolute atomic E-state index is 0.139. The topological polar surface area (TPSA) is 30.5 Å². The smallest absolute Gasteiger partial charge is 0.120 e. The maximum atomic E-state index is 5.95. The lowest BCUT2D eigenvalue weighted by atomic mass is 10.1. The summed E-state index contributed by atoms with van der Waals surface area (Å²) in [5.41, 5.74) is 0. The van der Waals surface area contributed by atoms with Crippen molar-refractivity contribution < 1.29 is 9.47 Å². The minimum Gasteiger partial charge on any atom is -0.489 e. The molecule has 1 unspecified atom stereocenters. The molecule has 0 aliphatic rings. The maximum absolute atomic E-state index is 5.95. The lowest BCUT2D eigenvalue weighted by Gasteiger charge is -2.16. The second-order valence-electron chi connectivity index (χ2n) is 5.13. The standard InChI is InChI=1S/C17H22BrNO2/c1-13(12-19-8-3-9-20-2)21-17-7-5-14-10-16(18)6-4-15(14)11-17/h4-7,10-11,13,19H,3,8-9,12H2,1-2H3. The molecule has 0 radical (unpaired) electrons. The van der Waals surface area contributed by atoms with Crippen molar-refractivity contribution in [1.29, 1.82) is 0 Å². The van der Waals surface area contributed by atoms with Crippen molar-refractivity contribution in [2.24, 2.45) is 0 Å². The van der Waals surface area contributed by atoms with Crippen molar-refractivity contribution >= 4 is 26.7 Å². The quantitative estimate of drug-likeness (QED) is 0.729. The molecule has 4 heteroatoms. The first kappa shape index (κ1) is 16.3. The van der Waals surface area contributed by atoms with Crippen LogP contribution in [0.5, 0.6) is 5.75 Å². The molecule has 0 fully saturated rings.